The first-order valence-corrected chi connectivity index (χ1v) is 13.6. The molecule has 200 valence electrons. The molecule has 0 aliphatic carbocycles. The Morgan fingerprint density at radius 2 is 1.76 bits per heavy atom. The van der Waals surface area contributed by atoms with E-state index >= 15 is 0 Å². The second-order valence-corrected chi connectivity index (χ2v) is 9.78. The standard InChI is InChI=1S/C30H33N3O3.C2H6/c1-21-4-3-5-26-25(18-23-7-9-24(10-8-23)19-32-14-16-36-17-15-32)11-13-27(29(21)26)33(20-34)28-12-6-22(2)31-30(28)35;1-2/h3-5,7-11,13,20,28H,2,6,12,14-19H2,1H3,(H,31,35);1-2H3. The van der Waals surface area contributed by atoms with E-state index in [1.807, 2.05) is 19.9 Å². The highest BCUT2D eigenvalue weighted by molar-refractivity contribution is 6.05. The van der Waals surface area contributed by atoms with Crippen LogP contribution in [0, 0.1) is 6.92 Å². The van der Waals surface area contributed by atoms with E-state index < -0.39 is 6.04 Å². The summed E-state index contributed by atoms with van der Waals surface area (Å²) < 4.78 is 5.45. The lowest BCUT2D eigenvalue weighted by Crippen LogP contribution is -2.49. The van der Waals surface area contributed by atoms with Crippen molar-refractivity contribution in [3.8, 4) is 0 Å². The molecule has 2 aliphatic heterocycles. The summed E-state index contributed by atoms with van der Waals surface area (Å²) in [5.74, 6) is -0.179. The van der Waals surface area contributed by atoms with Gasteiger partial charge < -0.3 is 15.0 Å². The van der Waals surface area contributed by atoms with Crippen LogP contribution >= 0.6 is 0 Å². The highest BCUT2D eigenvalue weighted by Crippen LogP contribution is 2.35. The summed E-state index contributed by atoms with van der Waals surface area (Å²) in [5, 5.41) is 4.93. The van der Waals surface area contributed by atoms with Crippen LogP contribution in [0.25, 0.3) is 10.8 Å². The lowest BCUT2D eigenvalue weighted by molar-refractivity contribution is -0.124. The zero-order valence-electron chi connectivity index (χ0n) is 22.8. The number of benzene rings is 3. The molecule has 0 aromatic heterocycles. The number of carbonyl (C=O) groups excluding carboxylic acids is 2. The summed E-state index contributed by atoms with van der Waals surface area (Å²) in [7, 11) is 0. The highest BCUT2D eigenvalue weighted by Gasteiger charge is 2.31. The van der Waals surface area contributed by atoms with Gasteiger partial charge in [-0.3, -0.25) is 14.5 Å². The monoisotopic (exact) mass is 513 g/mol. The van der Waals surface area contributed by atoms with Crippen LogP contribution in [0.4, 0.5) is 5.69 Å². The van der Waals surface area contributed by atoms with Crippen molar-refractivity contribution in [3.63, 3.8) is 0 Å². The van der Waals surface area contributed by atoms with Gasteiger partial charge in [-0.15, -0.1) is 0 Å². The van der Waals surface area contributed by atoms with Crippen molar-refractivity contribution >= 4 is 28.8 Å². The minimum Gasteiger partial charge on any atom is -0.379 e. The van der Waals surface area contributed by atoms with Crippen molar-refractivity contribution in [3.05, 3.63) is 89.1 Å². The molecular formula is C32H39N3O3. The average Bonchev–Trinajstić information content (AvgIpc) is 2.94. The molecule has 5 rings (SSSR count). The molecule has 6 heteroatoms. The Hall–Kier alpha value is -3.48. The van der Waals surface area contributed by atoms with Gasteiger partial charge in [-0.05, 0) is 59.9 Å². The molecule has 2 fully saturated rings. The normalized spacial score (nSPS) is 17.9. The first-order chi connectivity index (χ1) is 18.5. The van der Waals surface area contributed by atoms with Gasteiger partial charge in [0.25, 0.3) is 0 Å². The lowest BCUT2D eigenvalue weighted by atomic mass is 9.93. The fourth-order valence-electron chi connectivity index (χ4n) is 5.32. The van der Waals surface area contributed by atoms with Crippen LogP contribution in [0.3, 0.4) is 0 Å². The van der Waals surface area contributed by atoms with Gasteiger partial charge >= 0.3 is 0 Å². The molecule has 0 radical (unpaired) electrons. The fraction of sp³-hybridized carbons (Fsp3) is 0.375. The van der Waals surface area contributed by atoms with Gasteiger partial charge in [0.2, 0.25) is 12.3 Å². The summed E-state index contributed by atoms with van der Waals surface area (Å²) >= 11 is 0. The Morgan fingerprint density at radius 3 is 2.45 bits per heavy atom. The average molecular weight is 514 g/mol. The number of hydrogen-bond donors (Lipinski definition) is 1. The van der Waals surface area contributed by atoms with Crippen molar-refractivity contribution < 1.29 is 14.3 Å². The van der Waals surface area contributed by atoms with Gasteiger partial charge in [-0.2, -0.15) is 0 Å². The maximum absolute atomic E-state index is 12.7. The number of amides is 2. The van der Waals surface area contributed by atoms with E-state index in [9.17, 15) is 9.59 Å². The molecular weight excluding hydrogens is 474 g/mol. The van der Waals surface area contributed by atoms with E-state index in [0.29, 0.717) is 18.5 Å². The van der Waals surface area contributed by atoms with E-state index in [4.69, 9.17) is 4.74 Å². The fourth-order valence-corrected chi connectivity index (χ4v) is 5.32. The van der Waals surface area contributed by atoms with Crippen molar-refractivity contribution in [1.29, 1.82) is 0 Å². The SMILES string of the molecule is C=C1CCC(N(C=O)c2ccc(Cc3ccc(CN4CCOCC4)cc3)c3cccc(C)c23)C(=O)N1.CC. The second kappa shape index (κ2) is 12.9. The maximum Gasteiger partial charge on any atom is 0.247 e. The minimum absolute atomic E-state index is 0.179. The van der Waals surface area contributed by atoms with Gasteiger partial charge in [0.05, 0.1) is 18.9 Å². The lowest BCUT2D eigenvalue weighted by Gasteiger charge is -2.32. The quantitative estimate of drug-likeness (QED) is 0.433. The van der Waals surface area contributed by atoms with Crippen molar-refractivity contribution in [1.82, 2.24) is 10.2 Å². The van der Waals surface area contributed by atoms with E-state index in [-0.39, 0.29) is 5.91 Å². The van der Waals surface area contributed by atoms with Gasteiger partial charge in [0.15, 0.2) is 0 Å². The molecule has 3 aromatic rings. The summed E-state index contributed by atoms with van der Waals surface area (Å²) in [6, 6.07) is 18.6. The predicted molar refractivity (Wildman–Crippen MR) is 154 cm³/mol. The van der Waals surface area contributed by atoms with Crippen LogP contribution in [0.15, 0.2) is 66.9 Å². The summed E-state index contributed by atoms with van der Waals surface area (Å²) in [5.41, 5.74) is 6.31. The molecule has 1 atom stereocenters. The Labute approximate surface area is 226 Å². The van der Waals surface area contributed by atoms with Gasteiger partial charge in [0.1, 0.15) is 6.04 Å². The Kier molecular flexibility index (Phi) is 9.32. The van der Waals surface area contributed by atoms with E-state index in [0.717, 1.165) is 67.7 Å². The molecule has 2 saturated heterocycles. The number of carbonyl (C=O) groups is 2. The first-order valence-electron chi connectivity index (χ1n) is 13.6. The van der Waals surface area contributed by atoms with Crippen LogP contribution in [-0.4, -0.2) is 49.6 Å². The largest absolute Gasteiger partial charge is 0.379 e. The van der Waals surface area contributed by atoms with Crippen LogP contribution in [0.2, 0.25) is 0 Å². The maximum atomic E-state index is 12.7. The number of fused-ring (bicyclic) bond motifs is 1. The highest BCUT2D eigenvalue weighted by atomic mass is 16.5. The molecule has 0 bridgehead atoms. The molecule has 2 heterocycles. The first kappa shape index (κ1) is 27.6. The number of allylic oxidation sites excluding steroid dienone is 1. The van der Waals surface area contributed by atoms with Crippen molar-refractivity contribution in [2.75, 3.05) is 31.2 Å². The third-order valence-corrected chi connectivity index (χ3v) is 7.29. The zero-order valence-corrected chi connectivity index (χ0v) is 22.8. The predicted octanol–water partition coefficient (Wildman–Crippen LogP) is 5.35. The van der Waals surface area contributed by atoms with E-state index in [1.165, 1.54) is 16.7 Å². The number of nitrogens with one attached hydrogen (secondary N) is 1. The molecule has 3 aromatic carbocycles. The Bertz CT molecular complexity index is 1280. The molecule has 2 aliphatic rings. The molecule has 2 amide bonds. The summed E-state index contributed by atoms with van der Waals surface area (Å²) in [6.07, 6.45) is 2.81. The van der Waals surface area contributed by atoms with Crippen molar-refractivity contribution in [2.24, 2.45) is 0 Å². The minimum atomic E-state index is -0.541. The number of piperidine rings is 1. The number of rotatable bonds is 7. The molecule has 1 unspecified atom stereocenters. The zero-order chi connectivity index (χ0) is 27.1. The van der Waals surface area contributed by atoms with E-state index in [2.05, 4.69) is 72.3 Å². The summed E-state index contributed by atoms with van der Waals surface area (Å²) in [6.45, 7) is 14.4. The van der Waals surface area contributed by atoms with Crippen LogP contribution in [0.5, 0.6) is 0 Å². The van der Waals surface area contributed by atoms with Crippen molar-refractivity contribution in [2.45, 2.75) is 52.6 Å². The van der Waals surface area contributed by atoms with E-state index in [1.54, 1.807) is 4.90 Å². The van der Waals surface area contributed by atoms with Gasteiger partial charge in [-0.1, -0.05) is 69.0 Å². The number of aryl methyl sites for hydroxylation is 1. The molecule has 1 N–H and O–H groups in total. The van der Waals surface area contributed by atoms with Gasteiger partial charge in [0, 0.05) is 30.7 Å². The molecule has 6 nitrogen and oxygen atoms in total. The third kappa shape index (κ3) is 6.14. The second-order valence-electron chi connectivity index (χ2n) is 9.78. The number of ether oxygens (including phenoxy) is 1. The number of nitrogens with zero attached hydrogens (tertiary/aromatic N) is 2. The molecule has 0 spiro atoms. The summed E-state index contributed by atoms with van der Waals surface area (Å²) in [4.78, 5) is 28.9. The van der Waals surface area contributed by atoms with Gasteiger partial charge in [-0.25, -0.2) is 0 Å². The molecule has 0 saturated carbocycles. The van der Waals surface area contributed by atoms with Crippen LogP contribution < -0.4 is 10.2 Å². The topological polar surface area (TPSA) is 61.9 Å². The van der Waals surface area contributed by atoms with Crippen LogP contribution in [0.1, 0.15) is 48.9 Å². The molecule has 38 heavy (non-hydrogen) atoms. The Balaban J connectivity index is 0.00000164. The van der Waals surface area contributed by atoms with Crippen LogP contribution in [-0.2, 0) is 27.3 Å². The Morgan fingerprint density at radius 1 is 1.05 bits per heavy atom. The smallest absolute Gasteiger partial charge is 0.247 e. The number of morpholine rings is 1. The number of hydrogen-bond acceptors (Lipinski definition) is 4. The number of anilines is 1. The third-order valence-electron chi connectivity index (χ3n) is 7.29.